The molecule has 3 aromatic heterocycles. The molecule has 164 valence electrons. The number of amides is 1. The van der Waals surface area contributed by atoms with Gasteiger partial charge in [-0.15, -0.1) is 12.4 Å². The monoisotopic (exact) mass is 472 g/mol. The molecule has 0 atom stereocenters. The first-order valence-electron chi connectivity index (χ1n) is 9.34. The third-order valence-electron chi connectivity index (χ3n) is 4.66. The number of fused-ring (bicyclic) bond motifs is 1. The Morgan fingerprint density at radius 2 is 1.94 bits per heavy atom. The van der Waals surface area contributed by atoms with Crippen LogP contribution >= 0.6 is 24.0 Å². The average Bonchev–Trinajstić information content (AvgIpc) is 2.74. The largest absolute Gasteiger partial charge is 0.502 e. The van der Waals surface area contributed by atoms with Gasteiger partial charge in [0.05, 0.1) is 13.0 Å². The molecule has 1 aromatic carbocycles. The molecule has 0 radical (unpaired) electrons. The predicted octanol–water partition coefficient (Wildman–Crippen LogP) is 2.87. The van der Waals surface area contributed by atoms with Gasteiger partial charge in [0.25, 0.3) is 5.56 Å². The van der Waals surface area contributed by atoms with Crippen LogP contribution in [0.4, 0.5) is 5.69 Å². The van der Waals surface area contributed by atoms with E-state index in [0.717, 1.165) is 5.56 Å². The number of nitrogens with zero attached hydrogens (tertiary/aromatic N) is 3. The van der Waals surface area contributed by atoms with E-state index in [2.05, 4.69) is 10.3 Å². The molecule has 0 aliphatic carbocycles. The molecular weight excluding hydrogens is 455 g/mol. The number of aromatic nitrogens is 3. The highest BCUT2D eigenvalue weighted by Crippen LogP contribution is 2.15. The fourth-order valence-corrected chi connectivity index (χ4v) is 3.43. The summed E-state index contributed by atoms with van der Waals surface area (Å²) in [7, 11) is 0. The smallest absolute Gasteiger partial charge is 0.279 e. The van der Waals surface area contributed by atoms with E-state index in [9.17, 15) is 19.5 Å². The Balaban J connectivity index is 0.00000289. The van der Waals surface area contributed by atoms with E-state index in [-0.39, 0.29) is 36.6 Å². The lowest BCUT2D eigenvalue weighted by molar-refractivity contribution is -0.115. The van der Waals surface area contributed by atoms with E-state index in [1.165, 1.54) is 27.6 Å². The van der Waals surface area contributed by atoms with Crippen molar-refractivity contribution in [1.29, 1.82) is 0 Å². The standard InChI is InChI=1S/C22H17ClN4O4.ClH/c23-15-5-3-4-14(10-15)12-27-9-8-26-13-17(20(29)21(30)19(26)22(27)31)25-18(28)11-16-6-1-2-7-24-16;/h1-10,13,30H,11-12H2,(H,25,28);1H. The molecule has 0 saturated heterocycles. The van der Waals surface area contributed by atoms with Gasteiger partial charge in [0.15, 0.2) is 11.3 Å². The van der Waals surface area contributed by atoms with Gasteiger partial charge in [0, 0.05) is 35.5 Å². The summed E-state index contributed by atoms with van der Waals surface area (Å²) in [6.07, 6.45) is 5.88. The molecule has 32 heavy (non-hydrogen) atoms. The zero-order chi connectivity index (χ0) is 22.0. The molecule has 0 aliphatic rings. The minimum atomic E-state index is -0.841. The van der Waals surface area contributed by atoms with E-state index >= 15 is 0 Å². The van der Waals surface area contributed by atoms with Gasteiger partial charge in [-0.3, -0.25) is 19.4 Å². The van der Waals surface area contributed by atoms with Crippen molar-refractivity contribution < 1.29 is 9.90 Å². The van der Waals surface area contributed by atoms with Crippen LogP contribution in [0.25, 0.3) is 5.52 Å². The maximum atomic E-state index is 12.9. The highest BCUT2D eigenvalue weighted by molar-refractivity contribution is 6.30. The van der Waals surface area contributed by atoms with Crippen LogP contribution in [-0.2, 0) is 17.8 Å². The van der Waals surface area contributed by atoms with Crippen molar-refractivity contribution in [2.45, 2.75) is 13.0 Å². The Bertz CT molecular complexity index is 1400. The normalized spacial score (nSPS) is 10.5. The van der Waals surface area contributed by atoms with Crippen LogP contribution in [0.3, 0.4) is 0 Å². The summed E-state index contributed by atoms with van der Waals surface area (Å²) in [6.45, 7) is 0.214. The van der Waals surface area contributed by atoms with Crippen molar-refractivity contribution in [2.24, 2.45) is 0 Å². The zero-order valence-electron chi connectivity index (χ0n) is 16.6. The summed E-state index contributed by atoms with van der Waals surface area (Å²) in [5, 5.41) is 13.4. The highest BCUT2D eigenvalue weighted by Gasteiger charge is 2.16. The summed E-state index contributed by atoms with van der Waals surface area (Å²) in [5.41, 5.74) is -0.385. The van der Waals surface area contributed by atoms with Gasteiger partial charge in [-0.25, -0.2) is 0 Å². The maximum Gasteiger partial charge on any atom is 0.279 e. The van der Waals surface area contributed by atoms with Gasteiger partial charge in [-0.2, -0.15) is 0 Å². The number of rotatable bonds is 5. The second-order valence-corrected chi connectivity index (χ2v) is 7.32. The van der Waals surface area contributed by atoms with Crippen molar-refractivity contribution in [3.8, 4) is 5.75 Å². The number of carbonyl (C=O) groups is 1. The Labute approximate surface area is 193 Å². The van der Waals surface area contributed by atoms with E-state index in [4.69, 9.17) is 11.6 Å². The third-order valence-corrected chi connectivity index (χ3v) is 4.90. The molecule has 10 heteroatoms. The van der Waals surface area contributed by atoms with Gasteiger partial charge >= 0.3 is 0 Å². The fraction of sp³-hybridized carbons (Fsp3) is 0.0909. The minimum Gasteiger partial charge on any atom is -0.502 e. The van der Waals surface area contributed by atoms with Crippen molar-refractivity contribution in [2.75, 3.05) is 5.32 Å². The Morgan fingerprint density at radius 3 is 2.66 bits per heavy atom. The number of pyridine rings is 2. The molecule has 2 N–H and O–H groups in total. The molecule has 0 spiro atoms. The third kappa shape index (κ3) is 4.82. The van der Waals surface area contributed by atoms with Crippen molar-refractivity contribution in [1.82, 2.24) is 14.0 Å². The zero-order valence-corrected chi connectivity index (χ0v) is 18.1. The van der Waals surface area contributed by atoms with E-state index in [0.29, 0.717) is 10.7 Å². The fourth-order valence-electron chi connectivity index (χ4n) is 3.21. The van der Waals surface area contributed by atoms with Gasteiger partial charge in [-0.1, -0.05) is 29.8 Å². The van der Waals surface area contributed by atoms with E-state index in [1.807, 2.05) is 6.07 Å². The Morgan fingerprint density at radius 1 is 1.12 bits per heavy atom. The SMILES string of the molecule is Cl.O=C(Cc1ccccn1)Nc1cn2ccn(Cc3cccc(Cl)c3)c(=O)c2c(O)c1=O. The second-order valence-electron chi connectivity index (χ2n) is 6.88. The van der Waals surface area contributed by atoms with Gasteiger partial charge < -0.3 is 19.4 Å². The average molecular weight is 473 g/mol. The summed E-state index contributed by atoms with van der Waals surface area (Å²) in [4.78, 5) is 41.8. The predicted molar refractivity (Wildman–Crippen MR) is 124 cm³/mol. The summed E-state index contributed by atoms with van der Waals surface area (Å²) in [6, 6.07) is 12.2. The first-order chi connectivity index (χ1) is 14.9. The first kappa shape index (κ1) is 23.1. The molecule has 1 amide bonds. The first-order valence-corrected chi connectivity index (χ1v) is 9.72. The van der Waals surface area contributed by atoms with Gasteiger partial charge in [-0.05, 0) is 29.8 Å². The molecule has 0 saturated carbocycles. The van der Waals surface area contributed by atoms with E-state index < -0.39 is 22.6 Å². The highest BCUT2D eigenvalue weighted by atomic mass is 35.5. The van der Waals surface area contributed by atoms with E-state index in [1.54, 1.807) is 42.6 Å². The van der Waals surface area contributed by atoms with Crippen LogP contribution in [0.5, 0.6) is 5.75 Å². The van der Waals surface area contributed by atoms with Crippen LogP contribution in [0.15, 0.2) is 76.8 Å². The summed E-state index contributed by atoms with van der Waals surface area (Å²) < 4.78 is 2.67. The number of nitrogens with one attached hydrogen (secondary N) is 1. The number of halogens is 2. The topological polar surface area (TPSA) is 106 Å². The molecule has 0 bridgehead atoms. The Hall–Kier alpha value is -3.62. The number of benzene rings is 1. The number of aromatic hydroxyl groups is 1. The van der Waals surface area contributed by atoms with Crippen molar-refractivity contribution in [3.63, 3.8) is 0 Å². The number of hydrogen-bond donors (Lipinski definition) is 2. The van der Waals surface area contributed by atoms with Crippen LogP contribution in [0.2, 0.25) is 5.02 Å². The summed E-state index contributed by atoms with van der Waals surface area (Å²) >= 11 is 5.99. The Kier molecular flexibility index (Phi) is 6.97. The van der Waals surface area contributed by atoms with Crippen LogP contribution in [0, 0.1) is 0 Å². The van der Waals surface area contributed by atoms with Crippen LogP contribution in [-0.4, -0.2) is 25.0 Å². The molecule has 4 aromatic rings. The van der Waals surface area contributed by atoms with Gasteiger partial charge in [0.2, 0.25) is 11.3 Å². The van der Waals surface area contributed by atoms with Gasteiger partial charge in [0.1, 0.15) is 5.69 Å². The van der Waals surface area contributed by atoms with Crippen molar-refractivity contribution in [3.05, 3.63) is 104 Å². The molecular formula is C22H18Cl2N4O4. The number of hydrogen-bond acceptors (Lipinski definition) is 5. The quantitative estimate of drug-likeness (QED) is 0.464. The molecule has 8 nitrogen and oxygen atoms in total. The van der Waals surface area contributed by atoms with Crippen LogP contribution in [0.1, 0.15) is 11.3 Å². The molecule has 0 unspecified atom stereocenters. The number of anilines is 1. The molecule has 4 rings (SSSR count). The molecule has 0 aliphatic heterocycles. The summed E-state index contributed by atoms with van der Waals surface area (Å²) in [5.74, 6) is -1.20. The molecule has 0 fully saturated rings. The lowest BCUT2D eigenvalue weighted by Crippen LogP contribution is -2.26. The lowest BCUT2D eigenvalue weighted by atomic mass is 10.2. The second kappa shape index (κ2) is 9.67. The van der Waals surface area contributed by atoms with Crippen LogP contribution < -0.4 is 16.3 Å². The number of carbonyl (C=O) groups excluding carboxylic acids is 1. The molecule has 3 heterocycles. The van der Waals surface area contributed by atoms with Crippen molar-refractivity contribution >= 4 is 41.1 Å². The lowest BCUT2D eigenvalue weighted by Gasteiger charge is -2.12. The maximum absolute atomic E-state index is 12.9. The minimum absolute atomic E-state index is 0.